The van der Waals surface area contributed by atoms with E-state index in [4.69, 9.17) is 0 Å². The van der Waals surface area contributed by atoms with Gasteiger partial charge in [0.05, 0.1) is 0 Å². The minimum absolute atomic E-state index is 0.0938. The van der Waals surface area contributed by atoms with Crippen molar-refractivity contribution in [1.82, 2.24) is 15.5 Å². The molecule has 1 aromatic rings. The van der Waals surface area contributed by atoms with Gasteiger partial charge in [0.25, 0.3) is 0 Å². The number of carbonyl (C=O) groups excluding carboxylic acids is 1. The highest BCUT2D eigenvalue weighted by Gasteiger charge is 2.10. The molecule has 0 saturated heterocycles. The summed E-state index contributed by atoms with van der Waals surface area (Å²) in [5.41, 5.74) is 1.09. The Morgan fingerprint density at radius 1 is 1.24 bits per heavy atom. The van der Waals surface area contributed by atoms with Crippen molar-refractivity contribution in [3.8, 4) is 0 Å². The van der Waals surface area contributed by atoms with Crippen LogP contribution >= 0.6 is 0 Å². The van der Waals surface area contributed by atoms with Gasteiger partial charge in [-0.2, -0.15) is 0 Å². The minimum Gasteiger partial charge on any atom is -0.337 e. The molecule has 0 spiro atoms. The van der Waals surface area contributed by atoms with Crippen LogP contribution in [-0.2, 0) is 0 Å². The van der Waals surface area contributed by atoms with Gasteiger partial charge in [-0.1, -0.05) is 31.9 Å². The molecule has 1 rings (SSSR count). The van der Waals surface area contributed by atoms with Gasteiger partial charge in [0.2, 0.25) is 0 Å². The lowest BCUT2D eigenvalue weighted by atomic mass is 10.0. The number of hydrogen-bond acceptors (Lipinski definition) is 2. The first-order valence-corrected chi connectivity index (χ1v) is 7.48. The van der Waals surface area contributed by atoms with Gasteiger partial charge in [-0.25, -0.2) is 9.18 Å². The van der Waals surface area contributed by atoms with Crippen LogP contribution in [-0.4, -0.2) is 38.1 Å². The highest BCUT2D eigenvalue weighted by Crippen LogP contribution is 2.19. The van der Waals surface area contributed by atoms with Crippen molar-refractivity contribution in [2.24, 2.45) is 0 Å². The minimum atomic E-state index is -0.216. The average molecular weight is 295 g/mol. The molecule has 4 nitrogen and oxygen atoms in total. The number of rotatable bonds is 8. The second-order valence-electron chi connectivity index (χ2n) is 5.33. The maximum absolute atomic E-state index is 13.0. The summed E-state index contributed by atoms with van der Waals surface area (Å²) in [7, 11) is 3.43. The van der Waals surface area contributed by atoms with Crippen LogP contribution in [0.15, 0.2) is 24.3 Å². The fourth-order valence-corrected chi connectivity index (χ4v) is 2.06. The normalized spacial score (nSPS) is 12.0. The van der Waals surface area contributed by atoms with E-state index in [1.165, 1.54) is 17.0 Å². The summed E-state index contributed by atoms with van der Waals surface area (Å²) < 4.78 is 13.0. The first kappa shape index (κ1) is 17.4. The molecule has 2 amide bonds. The summed E-state index contributed by atoms with van der Waals surface area (Å²) in [4.78, 5) is 12.9. The maximum atomic E-state index is 13.0. The molecule has 0 aromatic heterocycles. The Morgan fingerprint density at radius 3 is 2.48 bits per heavy atom. The number of carbonyl (C=O) groups is 1. The van der Waals surface area contributed by atoms with Crippen molar-refractivity contribution in [1.29, 1.82) is 0 Å². The topological polar surface area (TPSA) is 44.4 Å². The van der Waals surface area contributed by atoms with Crippen LogP contribution < -0.4 is 10.6 Å². The maximum Gasteiger partial charge on any atom is 0.316 e. The molecule has 1 aromatic carbocycles. The SMILES string of the molecule is CCCCC(NCCNC(=O)N(C)C)c1ccc(F)cc1. The van der Waals surface area contributed by atoms with Crippen molar-refractivity contribution >= 4 is 6.03 Å². The predicted octanol–water partition coefficient (Wildman–Crippen LogP) is 2.92. The Hall–Kier alpha value is -1.62. The first-order chi connectivity index (χ1) is 10.0. The van der Waals surface area contributed by atoms with E-state index in [1.807, 2.05) is 12.1 Å². The number of benzene rings is 1. The average Bonchev–Trinajstić information content (AvgIpc) is 2.47. The molecule has 0 heterocycles. The Labute approximate surface area is 126 Å². The van der Waals surface area contributed by atoms with Gasteiger partial charge in [-0.15, -0.1) is 0 Å². The Kier molecular flexibility index (Phi) is 7.75. The Bertz CT molecular complexity index is 420. The number of nitrogens with zero attached hydrogens (tertiary/aromatic N) is 1. The van der Waals surface area contributed by atoms with Gasteiger partial charge in [0.1, 0.15) is 5.82 Å². The third-order valence-corrected chi connectivity index (χ3v) is 3.32. The van der Waals surface area contributed by atoms with Gasteiger partial charge in [-0.3, -0.25) is 0 Å². The van der Waals surface area contributed by atoms with E-state index < -0.39 is 0 Å². The standard InChI is InChI=1S/C16H26FN3O/c1-4-5-6-15(13-7-9-14(17)10-8-13)18-11-12-19-16(21)20(2)3/h7-10,15,18H,4-6,11-12H2,1-3H3,(H,19,21). The second-order valence-corrected chi connectivity index (χ2v) is 5.33. The van der Waals surface area contributed by atoms with Gasteiger partial charge in [0, 0.05) is 33.2 Å². The molecule has 5 heteroatoms. The van der Waals surface area contributed by atoms with E-state index >= 15 is 0 Å². The third kappa shape index (κ3) is 6.58. The molecule has 0 saturated carbocycles. The molecule has 1 atom stereocenters. The molecular weight excluding hydrogens is 269 g/mol. The summed E-state index contributed by atoms with van der Waals surface area (Å²) in [5.74, 6) is -0.216. The van der Waals surface area contributed by atoms with Crippen LogP contribution in [0.3, 0.4) is 0 Å². The highest BCUT2D eigenvalue weighted by atomic mass is 19.1. The lowest BCUT2D eigenvalue weighted by molar-refractivity contribution is 0.217. The molecule has 0 aliphatic heterocycles. The quantitative estimate of drug-likeness (QED) is 0.724. The van der Waals surface area contributed by atoms with Crippen molar-refractivity contribution in [2.75, 3.05) is 27.2 Å². The number of hydrogen-bond donors (Lipinski definition) is 2. The summed E-state index contributed by atoms with van der Waals surface area (Å²) in [6.07, 6.45) is 3.24. The molecule has 0 fully saturated rings. The van der Waals surface area contributed by atoms with E-state index in [0.29, 0.717) is 13.1 Å². The van der Waals surface area contributed by atoms with Crippen LogP contribution in [0.25, 0.3) is 0 Å². The smallest absolute Gasteiger partial charge is 0.316 e. The summed E-state index contributed by atoms with van der Waals surface area (Å²) >= 11 is 0. The molecule has 0 aliphatic rings. The molecule has 0 aliphatic carbocycles. The molecule has 118 valence electrons. The van der Waals surface area contributed by atoms with E-state index in [-0.39, 0.29) is 17.9 Å². The number of amides is 2. The lowest BCUT2D eigenvalue weighted by Gasteiger charge is -2.20. The summed E-state index contributed by atoms with van der Waals surface area (Å²) in [6, 6.07) is 6.72. The largest absolute Gasteiger partial charge is 0.337 e. The van der Waals surface area contributed by atoms with E-state index in [0.717, 1.165) is 24.8 Å². The highest BCUT2D eigenvalue weighted by molar-refractivity contribution is 5.73. The van der Waals surface area contributed by atoms with Crippen molar-refractivity contribution < 1.29 is 9.18 Å². The third-order valence-electron chi connectivity index (χ3n) is 3.32. The van der Waals surface area contributed by atoms with Gasteiger partial charge in [0.15, 0.2) is 0 Å². The molecular formula is C16H26FN3O. The molecule has 0 radical (unpaired) electrons. The zero-order valence-corrected chi connectivity index (χ0v) is 13.2. The Morgan fingerprint density at radius 2 is 1.90 bits per heavy atom. The van der Waals surface area contributed by atoms with Crippen LogP contribution in [0.4, 0.5) is 9.18 Å². The molecule has 0 bridgehead atoms. The van der Waals surface area contributed by atoms with Gasteiger partial charge >= 0.3 is 6.03 Å². The lowest BCUT2D eigenvalue weighted by Crippen LogP contribution is -2.39. The monoisotopic (exact) mass is 295 g/mol. The van der Waals surface area contributed by atoms with E-state index in [9.17, 15) is 9.18 Å². The van der Waals surface area contributed by atoms with Gasteiger partial charge in [-0.05, 0) is 24.1 Å². The van der Waals surface area contributed by atoms with Crippen molar-refractivity contribution in [2.45, 2.75) is 32.2 Å². The van der Waals surface area contributed by atoms with Crippen molar-refractivity contribution in [3.63, 3.8) is 0 Å². The fourth-order valence-electron chi connectivity index (χ4n) is 2.06. The van der Waals surface area contributed by atoms with Crippen LogP contribution in [0, 0.1) is 5.82 Å². The number of halogens is 1. The summed E-state index contributed by atoms with van der Waals surface area (Å²) in [6.45, 7) is 3.41. The predicted molar refractivity (Wildman–Crippen MR) is 83.8 cm³/mol. The van der Waals surface area contributed by atoms with Crippen LogP contribution in [0.5, 0.6) is 0 Å². The zero-order valence-electron chi connectivity index (χ0n) is 13.2. The molecule has 1 unspecified atom stereocenters. The first-order valence-electron chi connectivity index (χ1n) is 7.48. The molecule has 2 N–H and O–H groups in total. The van der Waals surface area contributed by atoms with Crippen LogP contribution in [0.2, 0.25) is 0 Å². The van der Waals surface area contributed by atoms with E-state index in [2.05, 4.69) is 17.6 Å². The fraction of sp³-hybridized carbons (Fsp3) is 0.562. The zero-order chi connectivity index (χ0) is 15.7. The van der Waals surface area contributed by atoms with Gasteiger partial charge < -0.3 is 15.5 Å². The van der Waals surface area contributed by atoms with Crippen molar-refractivity contribution in [3.05, 3.63) is 35.6 Å². The number of nitrogens with one attached hydrogen (secondary N) is 2. The molecule has 21 heavy (non-hydrogen) atoms. The number of unbranched alkanes of at least 4 members (excludes halogenated alkanes) is 1. The van der Waals surface area contributed by atoms with Crippen LogP contribution in [0.1, 0.15) is 37.8 Å². The number of urea groups is 1. The Balaban J connectivity index is 2.47. The van der Waals surface area contributed by atoms with E-state index in [1.54, 1.807) is 14.1 Å². The summed E-state index contributed by atoms with van der Waals surface area (Å²) in [5, 5.41) is 6.25. The second kappa shape index (κ2) is 9.34.